The molecule has 0 saturated carbocycles. The number of rotatable bonds is 5. The minimum absolute atomic E-state index is 0.160. The van der Waals surface area contributed by atoms with E-state index in [1.165, 1.54) is 4.90 Å². The molecule has 1 aliphatic heterocycles. The van der Waals surface area contributed by atoms with Crippen molar-refractivity contribution in [2.75, 3.05) is 19.7 Å². The molecule has 164 valence electrons. The summed E-state index contributed by atoms with van der Waals surface area (Å²) in [5, 5.41) is 3.03. The van der Waals surface area contributed by atoms with Crippen LogP contribution in [0.2, 0.25) is 0 Å². The molecule has 8 nitrogen and oxygen atoms in total. The third-order valence-corrected chi connectivity index (χ3v) is 5.62. The molecule has 1 N–H and O–H groups in total. The summed E-state index contributed by atoms with van der Waals surface area (Å²) in [6, 6.07) is 3.98. The number of amides is 2. The average molecular weight is 417 g/mol. The lowest BCUT2D eigenvalue weighted by Crippen LogP contribution is -2.55. The van der Waals surface area contributed by atoms with Gasteiger partial charge in [0.25, 0.3) is 5.91 Å². The predicted molar refractivity (Wildman–Crippen MR) is 113 cm³/mol. The van der Waals surface area contributed by atoms with Crippen molar-refractivity contribution in [2.24, 2.45) is 5.92 Å². The van der Waals surface area contributed by atoms with Crippen molar-refractivity contribution >= 4 is 17.5 Å². The van der Waals surface area contributed by atoms with Crippen LogP contribution in [0.25, 0.3) is 5.52 Å². The van der Waals surface area contributed by atoms with Crippen molar-refractivity contribution in [3.63, 3.8) is 0 Å². The Kier molecular flexibility index (Phi) is 6.36. The van der Waals surface area contributed by atoms with Gasteiger partial charge in [0.05, 0.1) is 30.4 Å². The highest BCUT2D eigenvalue weighted by molar-refractivity contribution is 5.82. The second kappa shape index (κ2) is 8.63. The van der Waals surface area contributed by atoms with Crippen LogP contribution in [0.3, 0.4) is 0 Å². The number of fused-ring (bicyclic) bond motifs is 1. The van der Waals surface area contributed by atoms with Crippen LogP contribution in [0, 0.1) is 12.8 Å². The molecule has 0 radical (unpaired) electrons. The molecule has 0 aliphatic carbocycles. The molecule has 0 spiro atoms. The first-order chi connectivity index (χ1) is 14.1. The quantitative estimate of drug-likeness (QED) is 0.810. The number of carbonyl (C=O) groups is 2. The lowest BCUT2D eigenvalue weighted by Gasteiger charge is -2.34. The van der Waals surface area contributed by atoms with Crippen molar-refractivity contribution < 1.29 is 19.1 Å². The summed E-state index contributed by atoms with van der Waals surface area (Å²) in [5.74, 6) is 0.675. The smallest absolute Gasteiger partial charge is 0.410 e. The maximum atomic E-state index is 13.0. The monoisotopic (exact) mass is 416 g/mol. The van der Waals surface area contributed by atoms with E-state index < -0.39 is 17.7 Å². The number of carbonyl (C=O) groups excluding carboxylic acids is 2. The lowest BCUT2D eigenvalue weighted by atomic mass is 10.0. The number of pyridine rings is 1. The molecule has 1 aliphatic rings. The fraction of sp³-hybridized carbons (Fsp3) is 0.591. The molecule has 0 aromatic carbocycles. The van der Waals surface area contributed by atoms with E-state index in [0.29, 0.717) is 6.54 Å². The Hall–Kier alpha value is -2.61. The standard InChI is InChI=1S/C22H32N4O4/c1-14(2)16(4)30-21(28)25-10-11-29-18(13-25)19(27)24-22(5,6)20-23-12-17-15(3)8-7-9-26(17)20/h7-9,12,14,16,18H,10-11,13H2,1-6H3,(H,24,27)/t16?,18-/m0/s1. The van der Waals surface area contributed by atoms with Gasteiger partial charge in [-0.05, 0) is 45.2 Å². The molecule has 2 aromatic rings. The van der Waals surface area contributed by atoms with E-state index in [1.807, 2.05) is 70.5 Å². The molecular weight excluding hydrogens is 384 g/mol. The van der Waals surface area contributed by atoms with Crippen LogP contribution >= 0.6 is 0 Å². The predicted octanol–water partition coefficient (Wildman–Crippen LogP) is 2.88. The highest BCUT2D eigenvalue weighted by Gasteiger charge is 2.35. The molecule has 2 amide bonds. The Balaban J connectivity index is 1.68. The van der Waals surface area contributed by atoms with E-state index in [1.54, 1.807) is 0 Å². The number of nitrogens with one attached hydrogen (secondary N) is 1. The van der Waals surface area contributed by atoms with E-state index in [9.17, 15) is 9.59 Å². The summed E-state index contributed by atoms with van der Waals surface area (Å²) in [5.41, 5.74) is 1.38. The number of hydrogen-bond donors (Lipinski definition) is 1. The van der Waals surface area contributed by atoms with Crippen LogP contribution in [0.5, 0.6) is 0 Å². The number of hydrogen-bond acceptors (Lipinski definition) is 5. The summed E-state index contributed by atoms with van der Waals surface area (Å²) >= 11 is 0. The molecule has 2 aromatic heterocycles. The molecule has 0 bridgehead atoms. The van der Waals surface area contributed by atoms with E-state index >= 15 is 0 Å². The number of nitrogens with zero attached hydrogens (tertiary/aromatic N) is 3. The largest absolute Gasteiger partial charge is 0.446 e. The number of imidazole rings is 1. The minimum atomic E-state index is -0.757. The van der Waals surface area contributed by atoms with Crippen LogP contribution in [0.15, 0.2) is 24.5 Å². The van der Waals surface area contributed by atoms with Crippen LogP contribution < -0.4 is 5.32 Å². The number of ether oxygens (including phenoxy) is 2. The highest BCUT2D eigenvalue weighted by atomic mass is 16.6. The number of aryl methyl sites for hydroxylation is 1. The Bertz CT molecular complexity index is 921. The molecular formula is C22H32N4O4. The van der Waals surface area contributed by atoms with Gasteiger partial charge in [-0.2, -0.15) is 0 Å². The number of morpholine rings is 1. The molecule has 8 heteroatoms. The van der Waals surface area contributed by atoms with Gasteiger partial charge < -0.3 is 24.1 Å². The third kappa shape index (κ3) is 4.59. The van der Waals surface area contributed by atoms with Gasteiger partial charge in [-0.3, -0.25) is 4.79 Å². The highest BCUT2D eigenvalue weighted by Crippen LogP contribution is 2.22. The molecule has 1 unspecified atom stereocenters. The fourth-order valence-electron chi connectivity index (χ4n) is 3.41. The van der Waals surface area contributed by atoms with Crippen molar-refractivity contribution in [1.29, 1.82) is 0 Å². The van der Waals surface area contributed by atoms with E-state index in [-0.39, 0.29) is 31.1 Å². The first-order valence-electron chi connectivity index (χ1n) is 10.4. The van der Waals surface area contributed by atoms with Gasteiger partial charge in [-0.25, -0.2) is 9.78 Å². The van der Waals surface area contributed by atoms with Gasteiger partial charge >= 0.3 is 6.09 Å². The molecule has 2 atom stereocenters. The second-order valence-corrected chi connectivity index (χ2v) is 8.78. The fourth-order valence-corrected chi connectivity index (χ4v) is 3.41. The molecule has 3 rings (SSSR count). The molecule has 30 heavy (non-hydrogen) atoms. The van der Waals surface area contributed by atoms with Gasteiger partial charge in [0.1, 0.15) is 11.9 Å². The van der Waals surface area contributed by atoms with Crippen molar-refractivity contribution in [3.05, 3.63) is 35.9 Å². The van der Waals surface area contributed by atoms with E-state index in [4.69, 9.17) is 9.47 Å². The zero-order valence-electron chi connectivity index (χ0n) is 18.6. The van der Waals surface area contributed by atoms with Gasteiger partial charge in [0.2, 0.25) is 0 Å². The van der Waals surface area contributed by atoms with Crippen LogP contribution in [-0.2, 0) is 19.8 Å². The summed E-state index contributed by atoms with van der Waals surface area (Å²) in [4.78, 5) is 31.5. The zero-order chi connectivity index (χ0) is 22.1. The summed E-state index contributed by atoms with van der Waals surface area (Å²) in [7, 11) is 0. The van der Waals surface area contributed by atoms with Gasteiger partial charge in [-0.15, -0.1) is 0 Å². The van der Waals surface area contributed by atoms with E-state index in [0.717, 1.165) is 16.9 Å². The summed E-state index contributed by atoms with van der Waals surface area (Å²) < 4.78 is 13.1. The maximum absolute atomic E-state index is 13.0. The summed E-state index contributed by atoms with van der Waals surface area (Å²) in [6.45, 7) is 12.5. The Morgan fingerprint density at radius 1 is 1.33 bits per heavy atom. The average Bonchev–Trinajstić information content (AvgIpc) is 3.14. The normalized spacial score (nSPS) is 18.5. The van der Waals surface area contributed by atoms with Crippen LogP contribution in [0.1, 0.15) is 46.0 Å². The van der Waals surface area contributed by atoms with Gasteiger partial charge in [-0.1, -0.05) is 19.9 Å². The zero-order valence-corrected chi connectivity index (χ0v) is 18.6. The Morgan fingerprint density at radius 3 is 2.77 bits per heavy atom. The van der Waals surface area contributed by atoms with Crippen molar-refractivity contribution in [2.45, 2.75) is 59.3 Å². The second-order valence-electron chi connectivity index (χ2n) is 8.78. The van der Waals surface area contributed by atoms with Crippen LogP contribution in [-0.4, -0.2) is 58.2 Å². The molecule has 3 heterocycles. The minimum Gasteiger partial charge on any atom is -0.446 e. The lowest BCUT2D eigenvalue weighted by molar-refractivity contribution is -0.139. The van der Waals surface area contributed by atoms with Gasteiger partial charge in [0.15, 0.2) is 6.10 Å². The Labute approximate surface area is 177 Å². The first-order valence-corrected chi connectivity index (χ1v) is 10.4. The maximum Gasteiger partial charge on any atom is 0.410 e. The topological polar surface area (TPSA) is 85.2 Å². The number of aromatic nitrogens is 2. The van der Waals surface area contributed by atoms with E-state index in [2.05, 4.69) is 10.3 Å². The van der Waals surface area contributed by atoms with Crippen molar-refractivity contribution in [3.8, 4) is 0 Å². The van der Waals surface area contributed by atoms with Crippen LogP contribution in [0.4, 0.5) is 4.79 Å². The first kappa shape index (κ1) is 22.1. The van der Waals surface area contributed by atoms with Gasteiger partial charge in [0, 0.05) is 12.7 Å². The summed E-state index contributed by atoms with van der Waals surface area (Å²) in [6.07, 6.45) is 2.38. The Morgan fingerprint density at radius 2 is 2.07 bits per heavy atom. The third-order valence-electron chi connectivity index (χ3n) is 5.62. The van der Waals surface area contributed by atoms with Crippen molar-refractivity contribution in [1.82, 2.24) is 19.6 Å². The SMILES string of the molecule is Cc1cccn2c(C(C)(C)NC(=O)[C@@H]3CN(C(=O)OC(C)C(C)C)CCO3)ncc12. The molecule has 1 saturated heterocycles. The molecule has 1 fully saturated rings.